The molecule has 1 fully saturated rings. The number of hydrogen-bond donors (Lipinski definition) is 4. The predicted octanol–water partition coefficient (Wildman–Crippen LogP) is 3.38. The standard InChI is InChI=1S/C38H42FN9O3/c1-3-41-35(50)27-11-15-32-25(19-27)9-10-26-20-28(36(51)42-4-2)12-16-33(26)38(32,37-44-46-47-45-37)21-30(18-24-7-13-29(39)14-8-24)43-23-34(49)48-17-5-6-31(48)22-40/h7-8,11-16,19-20,30-31,43H,3-6,9-10,17-18,21,23H2,1-2H3,(H,41,50)(H,42,51)(H,44,45,46,47)/t30-,31?/m1/s1. The van der Waals surface area contributed by atoms with E-state index in [9.17, 15) is 24.0 Å². The number of rotatable bonds is 12. The summed E-state index contributed by atoms with van der Waals surface area (Å²) in [5.74, 6) is -0.493. The molecular formula is C38H42FN9O3. The van der Waals surface area contributed by atoms with Crippen LogP contribution in [-0.2, 0) is 29.5 Å². The number of nitrogens with one attached hydrogen (secondary N) is 4. The number of likely N-dealkylation sites (tertiary alicyclic amines) is 1. The Morgan fingerprint density at radius 2 is 1.61 bits per heavy atom. The van der Waals surface area contributed by atoms with E-state index in [-0.39, 0.29) is 30.1 Å². The SMILES string of the molecule is CCNC(=O)c1ccc2c(c1)CCc1cc(C(=O)NCC)ccc1C2(C[C@@H](Cc1ccc(F)cc1)NCC(=O)N1CCCC1C#N)c1nn[nH]n1. The van der Waals surface area contributed by atoms with Crippen molar-refractivity contribution in [3.63, 3.8) is 0 Å². The maximum absolute atomic E-state index is 14.0. The number of H-pyrrole nitrogens is 1. The summed E-state index contributed by atoms with van der Waals surface area (Å²) in [6.07, 6.45) is 3.33. The number of tetrazole rings is 1. The molecule has 2 heterocycles. The highest BCUT2D eigenvalue weighted by Crippen LogP contribution is 2.47. The topological polar surface area (TPSA) is 169 Å². The van der Waals surface area contributed by atoms with Crippen LogP contribution in [0.25, 0.3) is 0 Å². The number of aryl methyl sites for hydroxylation is 2. The van der Waals surface area contributed by atoms with Crippen LogP contribution < -0.4 is 16.0 Å². The number of aromatic nitrogens is 4. The number of aromatic amines is 1. The zero-order valence-corrected chi connectivity index (χ0v) is 28.8. The molecule has 2 atom stereocenters. The minimum atomic E-state index is -1.06. The molecule has 4 N–H and O–H groups in total. The van der Waals surface area contributed by atoms with Crippen molar-refractivity contribution < 1.29 is 18.8 Å². The molecule has 4 aromatic rings. The molecule has 0 spiro atoms. The summed E-state index contributed by atoms with van der Waals surface area (Å²) < 4.78 is 14.0. The first-order valence-corrected chi connectivity index (χ1v) is 17.5. The molecule has 13 heteroatoms. The summed E-state index contributed by atoms with van der Waals surface area (Å²) in [6.45, 7) is 5.22. The Morgan fingerprint density at radius 1 is 0.980 bits per heavy atom. The number of carbonyl (C=O) groups excluding carboxylic acids is 3. The lowest BCUT2D eigenvalue weighted by atomic mass is 9.67. The van der Waals surface area contributed by atoms with Crippen LogP contribution in [0.15, 0.2) is 60.7 Å². The van der Waals surface area contributed by atoms with Crippen molar-refractivity contribution in [3.05, 3.63) is 111 Å². The van der Waals surface area contributed by atoms with Crippen LogP contribution in [0.1, 0.15) is 87.5 Å². The van der Waals surface area contributed by atoms with Crippen LogP contribution in [-0.4, -0.2) is 81.5 Å². The average Bonchev–Trinajstić information content (AvgIpc) is 3.84. The van der Waals surface area contributed by atoms with E-state index < -0.39 is 17.5 Å². The van der Waals surface area contributed by atoms with Gasteiger partial charge in [-0.15, -0.1) is 10.2 Å². The van der Waals surface area contributed by atoms with Crippen molar-refractivity contribution in [1.82, 2.24) is 41.5 Å². The maximum Gasteiger partial charge on any atom is 0.251 e. The fraction of sp³-hybridized carbons (Fsp3) is 0.395. The van der Waals surface area contributed by atoms with Crippen molar-refractivity contribution in [1.29, 1.82) is 5.26 Å². The van der Waals surface area contributed by atoms with E-state index in [1.54, 1.807) is 29.2 Å². The molecule has 264 valence electrons. The molecule has 1 aromatic heterocycles. The van der Waals surface area contributed by atoms with Crippen molar-refractivity contribution >= 4 is 17.7 Å². The van der Waals surface area contributed by atoms with Gasteiger partial charge in [-0.25, -0.2) is 4.39 Å². The second kappa shape index (κ2) is 15.6. The number of nitrogens with zero attached hydrogens (tertiary/aromatic N) is 5. The van der Waals surface area contributed by atoms with E-state index in [4.69, 9.17) is 0 Å². The number of amides is 3. The molecule has 3 amide bonds. The molecule has 2 aliphatic rings. The first-order valence-electron chi connectivity index (χ1n) is 17.5. The van der Waals surface area contributed by atoms with Crippen LogP contribution in [0.2, 0.25) is 0 Å². The molecule has 1 unspecified atom stereocenters. The van der Waals surface area contributed by atoms with Gasteiger partial charge in [-0.1, -0.05) is 29.5 Å². The third kappa shape index (κ3) is 7.37. The summed E-state index contributed by atoms with van der Waals surface area (Å²) >= 11 is 0. The molecule has 6 rings (SSSR count). The Hall–Kier alpha value is -5.48. The number of benzene rings is 3. The van der Waals surface area contributed by atoms with Gasteiger partial charge in [-0.05, 0) is 117 Å². The number of nitriles is 1. The summed E-state index contributed by atoms with van der Waals surface area (Å²) in [7, 11) is 0. The molecule has 1 saturated heterocycles. The van der Waals surface area contributed by atoms with Gasteiger partial charge in [0.25, 0.3) is 11.8 Å². The summed E-state index contributed by atoms with van der Waals surface area (Å²) in [4.78, 5) is 41.2. The van der Waals surface area contributed by atoms with E-state index >= 15 is 0 Å². The van der Waals surface area contributed by atoms with Gasteiger partial charge in [-0.3, -0.25) is 14.4 Å². The zero-order chi connectivity index (χ0) is 36.0. The van der Waals surface area contributed by atoms with E-state index in [1.165, 1.54) is 12.1 Å². The van der Waals surface area contributed by atoms with Gasteiger partial charge in [0.2, 0.25) is 5.91 Å². The van der Waals surface area contributed by atoms with E-state index in [2.05, 4.69) is 42.6 Å². The van der Waals surface area contributed by atoms with Crippen molar-refractivity contribution in [2.45, 2.75) is 69.9 Å². The van der Waals surface area contributed by atoms with Crippen LogP contribution in [0.3, 0.4) is 0 Å². The highest BCUT2D eigenvalue weighted by Gasteiger charge is 2.46. The summed E-state index contributed by atoms with van der Waals surface area (Å²) in [5.41, 5.74) is 4.44. The Labute approximate surface area is 296 Å². The molecule has 12 nitrogen and oxygen atoms in total. The lowest BCUT2D eigenvalue weighted by Gasteiger charge is -2.37. The minimum absolute atomic E-state index is 0.0155. The predicted molar refractivity (Wildman–Crippen MR) is 187 cm³/mol. The molecule has 1 aliphatic heterocycles. The minimum Gasteiger partial charge on any atom is -0.352 e. The van der Waals surface area contributed by atoms with Crippen molar-refractivity contribution in [2.75, 3.05) is 26.2 Å². The second-order valence-electron chi connectivity index (χ2n) is 13.1. The van der Waals surface area contributed by atoms with Crippen molar-refractivity contribution in [3.8, 4) is 6.07 Å². The quantitative estimate of drug-likeness (QED) is 0.175. The second-order valence-corrected chi connectivity index (χ2v) is 13.1. The maximum atomic E-state index is 14.0. The third-order valence-corrected chi connectivity index (χ3v) is 9.93. The first kappa shape index (κ1) is 35.3. The Kier molecular flexibility index (Phi) is 10.8. The molecule has 3 aromatic carbocycles. The monoisotopic (exact) mass is 691 g/mol. The van der Waals surface area contributed by atoms with Crippen LogP contribution in [0, 0.1) is 17.1 Å². The zero-order valence-electron chi connectivity index (χ0n) is 28.8. The summed E-state index contributed by atoms with van der Waals surface area (Å²) in [6, 6.07) is 19.0. The molecule has 51 heavy (non-hydrogen) atoms. The van der Waals surface area contributed by atoms with Gasteiger partial charge in [0.1, 0.15) is 11.9 Å². The lowest BCUT2D eigenvalue weighted by Crippen LogP contribution is -2.47. The van der Waals surface area contributed by atoms with E-state index in [0.29, 0.717) is 68.7 Å². The molecule has 0 radical (unpaired) electrons. The number of hydrogen-bond acceptors (Lipinski definition) is 8. The Balaban J connectivity index is 1.50. The fourth-order valence-corrected chi connectivity index (χ4v) is 7.57. The highest BCUT2D eigenvalue weighted by molar-refractivity contribution is 5.95. The van der Waals surface area contributed by atoms with E-state index in [0.717, 1.165) is 34.2 Å². The largest absolute Gasteiger partial charge is 0.352 e. The third-order valence-electron chi connectivity index (χ3n) is 9.93. The van der Waals surface area contributed by atoms with Gasteiger partial charge in [0, 0.05) is 36.8 Å². The highest BCUT2D eigenvalue weighted by atomic mass is 19.1. The smallest absolute Gasteiger partial charge is 0.251 e. The van der Waals surface area contributed by atoms with Crippen molar-refractivity contribution in [2.24, 2.45) is 0 Å². The van der Waals surface area contributed by atoms with Gasteiger partial charge in [-0.2, -0.15) is 10.5 Å². The van der Waals surface area contributed by atoms with Crippen LogP contribution in [0.4, 0.5) is 4.39 Å². The lowest BCUT2D eigenvalue weighted by molar-refractivity contribution is -0.130. The van der Waals surface area contributed by atoms with Gasteiger partial charge in [0.05, 0.1) is 18.0 Å². The number of carbonyl (C=O) groups is 3. The van der Waals surface area contributed by atoms with Crippen LogP contribution >= 0.6 is 0 Å². The Bertz CT molecular complexity index is 1850. The molecule has 0 saturated carbocycles. The van der Waals surface area contributed by atoms with Gasteiger partial charge >= 0.3 is 0 Å². The number of fused-ring (bicyclic) bond motifs is 2. The Morgan fingerprint density at radius 3 is 2.16 bits per heavy atom. The molecular weight excluding hydrogens is 649 g/mol. The summed E-state index contributed by atoms with van der Waals surface area (Å²) in [5, 5.41) is 34.7. The fourth-order valence-electron chi connectivity index (χ4n) is 7.57. The molecule has 1 aliphatic carbocycles. The average molecular weight is 692 g/mol. The van der Waals surface area contributed by atoms with Gasteiger partial charge in [0.15, 0.2) is 5.82 Å². The first-order chi connectivity index (χ1) is 24.8. The normalized spacial score (nSPS) is 16.7. The number of halogens is 1. The van der Waals surface area contributed by atoms with Gasteiger partial charge < -0.3 is 20.9 Å². The molecule has 0 bridgehead atoms. The van der Waals surface area contributed by atoms with E-state index in [1.807, 2.05) is 38.1 Å². The van der Waals surface area contributed by atoms with Crippen LogP contribution in [0.5, 0.6) is 0 Å².